The second-order valence-corrected chi connectivity index (χ2v) is 7.62. The van der Waals surface area contributed by atoms with Gasteiger partial charge in [0.2, 0.25) is 10.0 Å². The van der Waals surface area contributed by atoms with Crippen LogP contribution in [0.15, 0.2) is 29.2 Å². The average molecular weight is 296 g/mol. The first kappa shape index (κ1) is 15.5. The Labute approximate surface area is 122 Å². The van der Waals surface area contributed by atoms with Crippen LogP contribution in [0.25, 0.3) is 0 Å². The van der Waals surface area contributed by atoms with Crippen molar-refractivity contribution >= 4 is 10.0 Å². The maximum absolute atomic E-state index is 12.7. The molecular formula is C15H24N2O2S. The Balaban J connectivity index is 2.29. The van der Waals surface area contributed by atoms with Crippen LogP contribution in [0.4, 0.5) is 0 Å². The summed E-state index contributed by atoms with van der Waals surface area (Å²) >= 11 is 0. The summed E-state index contributed by atoms with van der Waals surface area (Å²) in [7, 11) is -3.41. The van der Waals surface area contributed by atoms with Crippen LogP contribution in [-0.2, 0) is 10.0 Å². The van der Waals surface area contributed by atoms with Crippen LogP contribution in [0.2, 0.25) is 0 Å². The van der Waals surface area contributed by atoms with Gasteiger partial charge in [0, 0.05) is 19.1 Å². The van der Waals surface area contributed by atoms with Crippen LogP contribution in [0.5, 0.6) is 0 Å². The molecule has 0 amide bonds. The molecule has 20 heavy (non-hydrogen) atoms. The fourth-order valence-corrected chi connectivity index (χ4v) is 4.39. The van der Waals surface area contributed by atoms with E-state index in [2.05, 4.69) is 13.8 Å². The van der Waals surface area contributed by atoms with E-state index in [0.717, 1.165) is 24.8 Å². The van der Waals surface area contributed by atoms with Crippen molar-refractivity contribution in [1.82, 2.24) is 4.31 Å². The van der Waals surface area contributed by atoms with Gasteiger partial charge < -0.3 is 5.73 Å². The molecule has 0 aromatic heterocycles. The lowest BCUT2D eigenvalue weighted by molar-refractivity contribution is 0.257. The summed E-state index contributed by atoms with van der Waals surface area (Å²) in [6, 6.07) is 7.18. The molecule has 1 unspecified atom stereocenters. The van der Waals surface area contributed by atoms with Crippen LogP contribution in [0, 0.1) is 0 Å². The molecule has 1 fully saturated rings. The van der Waals surface area contributed by atoms with E-state index < -0.39 is 10.0 Å². The molecule has 1 aliphatic heterocycles. The van der Waals surface area contributed by atoms with Gasteiger partial charge in [-0.2, -0.15) is 4.31 Å². The first-order chi connectivity index (χ1) is 9.46. The van der Waals surface area contributed by atoms with Gasteiger partial charge >= 0.3 is 0 Å². The highest BCUT2D eigenvalue weighted by Gasteiger charge is 2.32. The van der Waals surface area contributed by atoms with Crippen molar-refractivity contribution in [3.05, 3.63) is 29.8 Å². The van der Waals surface area contributed by atoms with Crippen molar-refractivity contribution in [2.75, 3.05) is 13.1 Å². The average Bonchev–Trinajstić information content (AvgIpc) is 2.47. The minimum atomic E-state index is -3.41. The number of sulfonamides is 1. The van der Waals surface area contributed by atoms with Crippen LogP contribution in [-0.4, -0.2) is 31.9 Å². The predicted molar refractivity (Wildman–Crippen MR) is 81.1 cm³/mol. The van der Waals surface area contributed by atoms with E-state index >= 15 is 0 Å². The van der Waals surface area contributed by atoms with Gasteiger partial charge in [-0.15, -0.1) is 0 Å². The van der Waals surface area contributed by atoms with Gasteiger partial charge in [0.1, 0.15) is 0 Å². The Morgan fingerprint density at radius 1 is 1.25 bits per heavy atom. The molecule has 112 valence electrons. The summed E-state index contributed by atoms with van der Waals surface area (Å²) in [6.45, 7) is 5.16. The van der Waals surface area contributed by atoms with E-state index in [1.165, 1.54) is 0 Å². The van der Waals surface area contributed by atoms with Gasteiger partial charge in [0.25, 0.3) is 0 Å². The van der Waals surface area contributed by atoms with Gasteiger partial charge in [-0.1, -0.05) is 32.4 Å². The van der Waals surface area contributed by atoms with Crippen molar-refractivity contribution in [3.8, 4) is 0 Å². The maximum atomic E-state index is 12.7. The monoisotopic (exact) mass is 296 g/mol. The van der Waals surface area contributed by atoms with Crippen molar-refractivity contribution in [1.29, 1.82) is 0 Å². The highest BCUT2D eigenvalue weighted by Crippen LogP contribution is 2.26. The second-order valence-electron chi connectivity index (χ2n) is 5.72. The summed E-state index contributed by atoms with van der Waals surface area (Å²) in [5.74, 6) is 0.401. The zero-order valence-electron chi connectivity index (χ0n) is 12.2. The molecule has 5 heteroatoms. The van der Waals surface area contributed by atoms with Crippen LogP contribution >= 0.6 is 0 Å². The van der Waals surface area contributed by atoms with Crippen molar-refractivity contribution in [2.24, 2.45) is 5.73 Å². The zero-order chi connectivity index (χ0) is 14.8. The minimum Gasteiger partial charge on any atom is -0.329 e. The number of benzene rings is 1. The molecule has 0 radical (unpaired) electrons. The second kappa shape index (κ2) is 6.24. The van der Waals surface area contributed by atoms with E-state index in [-0.39, 0.29) is 6.04 Å². The zero-order valence-corrected chi connectivity index (χ0v) is 13.1. The van der Waals surface area contributed by atoms with Crippen LogP contribution in [0.1, 0.15) is 44.6 Å². The fraction of sp³-hybridized carbons (Fsp3) is 0.600. The molecular weight excluding hydrogens is 272 g/mol. The standard InChI is InChI=1S/C15H24N2O2S/c1-12(2)13-6-8-15(9-7-13)20(18,19)17-10-4-3-5-14(17)11-16/h6-9,12,14H,3-5,10-11,16H2,1-2H3. The van der Waals surface area contributed by atoms with E-state index in [4.69, 9.17) is 5.73 Å². The number of hydrogen-bond acceptors (Lipinski definition) is 3. The molecule has 1 saturated heterocycles. The lowest BCUT2D eigenvalue weighted by Gasteiger charge is -2.33. The number of nitrogens with two attached hydrogens (primary N) is 1. The third kappa shape index (κ3) is 3.05. The molecule has 4 nitrogen and oxygen atoms in total. The lowest BCUT2D eigenvalue weighted by Crippen LogP contribution is -2.47. The lowest BCUT2D eigenvalue weighted by atomic mass is 10.0. The summed E-state index contributed by atoms with van der Waals surface area (Å²) in [4.78, 5) is 0.377. The summed E-state index contributed by atoms with van der Waals surface area (Å²) in [5.41, 5.74) is 6.88. The molecule has 1 aliphatic rings. The number of piperidine rings is 1. The van der Waals surface area contributed by atoms with Crippen molar-refractivity contribution < 1.29 is 8.42 Å². The Hall–Kier alpha value is -0.910. The van der Waals surface area contributed by atoms with Crippen LogP contribution < -0.4 is 5.73 Å². The van der Waals surface area contributed by atoms with E-state index in [9.17, 15) is 8.42 Å². The molecule has 2 rings (SSSR count). The third-order valence-corrected chi connectivity index (χ3v) is 5.96. The molecule has 1 aromatic rings. The number of hydrogen-bond donors (Lipinski definition) is 1. The minimum absolute atomic E-state index is 0.0569. The van der Waals surface area contributed by atoms with Gasteiger partial charge in [-0.05, 0) is 36.5 Å². The normalized spacial score (nSPS) is 21.3. The Morgan fingerprint density at radius 3 is 2.45 bits per heavy atom. The van der Waals surface area contributed by atoms with Crippen molar-refractivity contribution in [3.63, 3.8) is 0 Å². The third-order valence-electron chi connectivity index (χ3n) is 4.00. The predicted octanol–water partition coefficient (Wildman–Crippen LogP) is 2.31. The van der Waals surface area contributed by atoms with E-state index in [0.29, 0.717) is 23.9 Å². The van der Waals surface area contributed by atoms with Gasteiger partial charge in [0.05, 0.1) is 4.90 Å². The van der Waals surface area contributed by atoms with Crippen LogP contribution in [0.3, 0.4) is 0 Å². The molecule has 2 N–H and O–H groups in total. The maximum Gasteiger partial charge on any atom is 0.243 e. The Kier molecular flexibility index (Phi) is 4.83. The first-order valence-corrected chi connectivity index (χ1v) is 8.72. The summed E-state index contributed by atoms with van der Waals surface area (Å²) < 4.78 is 27.0. The highest BCUT2D eigenvalue weighted by atomic mass is 32.2. The molecule has 0 bridgehead atoms. The molecule has 1 aromatic carbocycles. The van der Waals surface area contributed by atoms with E-state index in [1.54, 1.807) is 16.4 Å². The summed E-state index contributed by atoms with van der Waals surface area (Å²) in [6.07, 6.45) is 2.83. The van der Waals surface area contributed by atoms with Crippen molar-refractivity contribution in [2.45, 2.75) is 50.0 Å². The first-order valence-electron chi connectivity index (χ1n) is 7.28. The fourth-order valence-electron chi connectivity index (χ4n) is 2.69. The largest absolute Gasteiger partial charge is 0.329 e. The Bertz CT molecular complexity index is 537. The van der Waals surface area contributed by atoms with Gasteiger partial charge in [-0.3, -0.25) is 0 Å². The number of rotatable bonds is 4. The topological polar surface area (TPSA) is 63.4 Å². The summed E-state index contributed by atoms with van der Waals surface area (Å²) in [5, 5.41) is 0. The number of nitrogens with zero attached hydrogens (tertiary/aromatic N) is 1. The SMILES string of the molecule is CC(C)c1ccc(S(=O)(=O)N2CCCCC2CN)cc1. The smallest absolute Gasteiger partial charge is 0.243 e. The molecule has 0 saturated carbocycles. The van der Waals surface area contributed by atoms with Gasteiger partial charge in [0.15, 0.2) is 0 Å². The molecule has 1 atom stereocenters. The molecule has 0 aliphatic carbocycles. The molecule has 1 heterocycles. The van der Waals surface area contributed by atoms with Gasteiger partial charge in [-0.25, -0.2) is 8.42 Å². The highest BCUT2D eigenvalue weighted by molar-refractivity contribution is 7.89. The molecule has 0 spiro atoms. The Morgan fingerprint density at radius 2 is 1.90 bits per heavy atom. The van der Waals surface area contributed by atoms with E-state index in [1.807, 2.05) is 12.1 Å². The quantitative estimate of drug-likeness (QED) is 0.927.